The van der Waals surface area contributed by atoms with E-state index in [2.05, 4.69) is 10.6 Å². The van der Waals surface area contributed by atoms with E-state index in [1.54, 1.807) is 44.4 Å². The number of esters is 1. The van der Waals surface area contributed by atoms with Gasteiger partial charge < -0.3 is 24.5 Å². The number of methoxy groups -OCH3 is 1. The molecule has 150 valence electrons. The molecule has 1 aromatic heterocycles. The molecule has 1 atom stereocenters. The highest BCUT2D eigenvalue weighted by atomic mass is 16.5. The number of carbonyl (C=O) groups excluding carboxylic acids is 3. The molecule has 0 radical (unpaired) electrons. The number of ether oxygens (including phenoxy) is 2. The van der Waals surface area contributed by atoms with Crippen LogP contribution >= 0.6 is 0 Å². The number of rotatable bonds is 10. The Morgan fingerprint density at radius 3 is 2.68 bits per heavy atom. The predicted molar refractivity (Wildman–Crippen MR) is 101 cm³/mol. The van der Waals surface area contributed by atoms with Gasteiger partial charge in [0, 0.05) is 13.0 Å². The van der Waals surface area contributed by atoms with Gasteiger partial charge in [-0.2, -0.15) is 0 Å². The third kappa shape index (κ3) is 6.46. The number of hydrogen-bond donors (Lipinski definition) is 2. The molecule has 8 nitrogen and oxygen atoms in total. The van der Waals surface area contributed by atoms with Crippen LogP contribution in [0.5, 0.6) is 5.75 Å². The molecular formula is C20H24N2O6. The van der Waals surface area contributed by atoms with Crippen LogP contribution in [0, 0.1) is 0 Å². The molecule has 2 amide bonds. The van der Waals surface area contributed by atoms with Crippen LogP contribution in [0.15, 0.2) is 47.1 Å². The minimum absolute atomic E-state index is 0.00843. The third-order valence-corrected chi connectivity index (χ3v) is 3.89. The molecular weight excluding hydrogens is 364 g/mol. The van der Waals surface area contributed by atoms with Crippen LogP contribution in [-0.2, 0) is 14.3 Å². The minimum Gasteiger partial charge on any atom is -0.497 e. The zero-order valence-corrected chi connectivity index (χ0v) is 15.9. The Bertz CT molecular complexity index is 788. The molecule has 2 rings (SSSR count). The third-order valence-electron chi connectivity index (χ3n) is 3.89. The van der Waals surface area contributed by atoms with Crippen molar-refractivity contribution in [3.8, 4) is 5.75 Å². The van der Waals surface area contributed by atoms with Crippen LogP contribution in [-0.4, -0.2) is 38.0 Å². The largest absolute Gasteiger partial charge is 0.497 e. The maximum absolute atomic E-state index is 12.3. The van der Waals surface area contributed by atoms with Gasteiger partial charge in [0.15, 0.2) is 5.76 Å². The quantitative estimate of drug-likeness (QED) is 0.605. The van der Waals surface area contributed by atoms with E-state index in [9.17, 15) is 14.4 Å². The highest BCUT2D eigenvalue weighted by Crippen LogP contribution is 2.22. The molecule has 0 spiro atoms. The second-order valence-electron chi connectivity index (χ2n) is 5.89. The van der Waals surface area contributed by atoms with Crippen LogP contribution in [0.3, 0.4) is 0 Å². The van der Waals surface area contributed by atoms with Crippen LogP contribution in [0.25, 0.3) is 0 Å². The van der Waals surface area contributed by atoms with E-state index < -0.39 is 17.9 Å². The first kappa shape index (κ1) is 21.0. The predicted octanol–water partition coefficient (Wildman–Crippen LogP) is 2.22. The molecule has 0 saturated heterocycles. The summed E-state index contributed by atoms with van der Waals surface area (Å²) in [5.41, 5.74) is 0.723. The van der Waals surface area contributed by atoms with Crippen molar-refractivity contribution in [3.63, 3.8) is 0 Å². The molecule has 0 aliphatic heterocycles. The first-order valence-corrected chi connectivity index (χ1v) is 8.94. The van der Waals surface area contributed by atoms with Crippen molar-refractivity contribution in [3.05, 3.63) is 54.0 Å². The highest BCUT2D eigenvalue weighted by Gasteiger charge is 2.20. The van der Waals surface area contributed by atoms with Gasteiger partial charge in [-0.3, -0.25) is 14.4 Å². The van der Waals surface area contributed by atoms with Crippen molar-refractivity contribution < 1.29 is 28.3 Å². The van der Waals surface area contributed by atoms with Gasteiger partial charge in [-0.05, 0) is 36.8 Å². The van der Waals surface area contributed by atoms with Gasteiger partial charge in [0.1, 0.15) is 5.75 Å². The SMILES string of the molecule is CCOC(=O)CC(NC(=O)CCNC(=O)c1ccco1)c1cccc(OC)c1. The number of benzene rings is 1. The summed E-state index contributed by atoms with van der Waals surface area (Å²) >= 11 is 0. The summed E-state index contributed by atoms with van der Waals surface area (Å²) < 4.78 is 15.2. The lowest BCUT2D eigenvalue weighted by Gasteiger charge is -2.19. The van der Waals surface area contributed by atoms with Gasteiger partial charge in [-0.15, -0.1) is 0 Å². The highest BCUT2D eigenvalue weighted by molar-refractivity contribution is 5.91. The lowest BCUT2D eigenvalue weighted by atomic mass is 10.0. The number of hydrogen-bond acceptors (Lipinski definition) is 6. The molecule has 8 heteroatoms. The van der Waals surface area contributed by atoms with Gasteiger partial charge in [-0.25, -0.2) is 0 Å². The molecule has 0 bridgehead atoms. The first-order valence-electron chi connectivity index (χ1n) is 8.94. The molecule has 0 aliphatic rings. The van der Waals surface area contributed by atoms with Gasteiger partial charge >= 0.3 is 5.97 Å². The van der Waals surface area contributed by atoms with E-state index in [4.69, 9.17) is 13.9 Å². The molecule has 2 N–H and O–H groups in total. The number of nitrogens with one attached hydrogen (secondary N) is 2. The van der Waals surface area contributed by atoms with Gasteiger partial charge in [0.2, 0.25) is 5.91 Å². The monoisotopic (exact) mass is 388 g/mol. The molecule has 0 aliphatic carbocycles. The molecule has 1 heterocycles. The fraction of sp³-hybridized carbons (Fsp3) is 0.350. The van der Waals surface area contributed by atoms with Crippen LogP contribution < -0.4 is 15.4 Å². The Labute approximate surface area is 163 Å². The standard InChI is InChI=1S/C20H24N2O6/c1-3-27-19(24)13-16(14-6-4-7-15(12-14)26-2)22-18(23)9-10-21-20(25)17-8-5-11-28-17/h4-8,11-12,16H,3,9-10,13H2,1-2H3,(H,21,25)(H,22,23). The molecule has 0 fully saturated rings. The fourth-order valence-corrected chi connectivity index (χ4v) is 2.55. The Morgan fingerprint density at radius 2 is 2.00 bits per heavy atom. The Hall–Kier alpha value is -3.29. The number of amides is 2. The van der Waals surface area contributed by atoms with Crippen LogP contribution in [0.1, 0.15) is 41.9 Å². The summed E-state index contributed by atoms with van der Waals surface area (Å²) in [5.74, 6) is -0.324. The summed E-state index contributed by atoms with van der Waals surface area (Å²) in [4.78, 5) is 36.1. The summed E-state index contributed by atoms with van der Waals surface area (Å²) in [5, 5.41) is 5.42. The fourth-order valence-electron chi connectivity index (χ4n) is 2.55. The second kappa shape index (κ2) is 10.8. The summed E-state index contributed by atoms with van der Waals surface area (Å²) in [6, 6.07) is 9.68. The van der Waals surface area contributed by atoms with Crippen molar-refractivity contribution in [1.29, 1.82) is 0 Å². The smallest absolute Gasteiger partial charge is 0.308 e. The first-order chi connectivity index (χ1) is 13.5. The lowest BCUT2D eigenvalue weighted by molar-refractivity contribution is -0.143. The normalized spacial score (nSPS) is 11.4. The number of furan rings is 1. The average molecular weight is 388 g/mol. The zero-order valence-electron chi connectivity index (χ0n) is 15.9. The molecule has 0 saturated carbocycles. The van der Waals surface area contributed by atoms with Crippen molar-refractivity contribution in [2.24, 2.45) is 0 Å². The van der Waals surface area contributed by atoms with Crippen molar-refractivity contribution in [1.82, 2.24) is 10.6 Å². The van der Waals surface area contributed by atoms with Crippen molar-refractivity contribution >= 4 is 17.8 Å². The van der Waals surface area contributed by atoms with Crippen molar-refractivity contribution in [2.45, 2.75) is 25.8 Å². The molecule has 1 aromatic carbocycles. The maximum Gasteiger partial charge on any atom is 0.308 e. The summed E-state index contributed by atoms with van der Waals surface area (Å²) in [7, 11) is 1.54. The average Bonchev–Trinajstić information content (AvgIpc) is 3.22. The topological polar surface area (TPSA) is 107 Å². The Morgan fingerprint density at radius 1 is 1.18 bits per heavy atom. The van der Waals surface area contributed by atoms with E-state index >= 15 is 0 Å². The van der Waals surface area contributed by atoms with E-state index in [-0.39, 0.29) is 37.7 Å². The second-order valence-corrected chi connectivity index (χ2v) is 5.89. The molecule has 28 heavy (non-hydrogen) atoms. The Kier molecular flexibility index (Phi) is 8.08. The van der Waals surface area contributed by atoms with E-state index in [0.29, 0.717) is 5.75 Å². The zero-order chi connectivity index (χ0) is 20.4. The molecule has 2 aromatic rings. The van der Waals surface area contributed by atoms with E-state index in [1.807, 2.05) is 0 Å². The van der Waals surface area contributed by atoms with E-state index in [1.165, 1.54) is 12.3 Å². The summed E-state index contributed by atoms with van der Waals surface area (Å²) in [6.07, 6.45) is 1.44. The van der Waals surface area contributed by atoms with Gasteiger partial charge in [0.25, 0.3) is 5.91 Å². The van der Waals surface area contributed by atoms with E-state index in [0.717, 1.165) is 5.56 Å². The molecule has 1 unspecified atom stereocenters. The van der Waals surface area contributed by atoms with Gasteiger partial charge in [-0.1, -0.05) is 12.1 Å². The van der Waals surface area contributed by atoms with Crippen molar-refractivity contribution in [2.75, 3.05) is 20.3 Å². The Balaban J connectivity index is 1.95. The maximum atomic E-state index is 12.3. The van der Waals surface area contributed by atoms with Gasteiger partial charge in [0.05, 0.1) is 32.4 Å². The van der Waals surface area contributed by atoms with Crippen LogP contribution in [0.4, 0.5) is 0 Å². The number of carbonyl (C=O) groups is 3. The minimum atomic E-state index is -0.567. The van der Waals surface area contributed by atoms with Crippen LogP contribution in [0.2, 0.25) is 0 Å². The lowest BCUT2D eigenvalue weighted by Crippen LogP contribution is -2.34. The summed E-state index contributed by atoms with van der Waals surface area (Å²) in [6.45, 7) is 2.12.